The minimum absolute atomic E-state index is 0.238. The fourth-order valence-corrected chi connectivity index (χ4v) is 4.07. The Morgan fingerprint density at radius 3 is 2.74 bits per heavy atom. The van der Waals surface area contributed by atoms with Crippen molar-refractivity contribution in [1.82, 2.24) is 20.2 Å². The molecule has 2 saturated heterocycles. The molecule has 1 aromatic heterocycles. The number of amides is 1. The van der Waals surface area contributed by atoms with Crippen molar-refractivity contribution in [1.29, 1.82) is 0 Å². The highest BCUT2D eigenvalue weighted by molar-refractivity contribution is 5.79. The molecule has 2 aliphatic heterocycles. The van der Waals surface area contributed by atoms with E-state index in [1.54, 1.807) is 7.11 Å². The number of carbonyl (C=O) groups excluding carboxylic acids is 1. The number of aromatic nitrogens is 2. The molecule has 0 saturated carbocycles. The SMILES string of the molecule is CCCc1cc(N2CCC(NC3CC(=O)N(CCOC)C3)CC2)nc(C)n1. The number of rotatable bonds is 8. The maximum atomic E-state index is 12.1. The molecule has 7 nitrogen and oxygen atoms in total. The maximum Gasteiger partial charge on any atom is 0.224 e. The van der Waals surface area contributed by atoms with Crippen LogP contribution in [0.2, 0.25) is 0 Å². The lowest BCUT2D eigenvalue weighted by Crippen LogP contribution is -2.47. The van der Waals surface area contributed by atoms with Crippen LogP contribution in [0.15, 0.2) is 6.07 Å². The van der Waals surface area contributed by atoms with Crippen LogP contribution >= 0.6 is 0 Å². The molecule has 3 heterocycles. The maximum absolute atomic E-state index is 12.1. The van der Waals surface area contributed by atoms with Crippen LogP contribution in [0, 0.1) is 6.92 Å². The number of nitrogens with zero attached hydrogens (tertiary/aromatic N) is 4. The molecule has 1 atom stereocenters. The monoisotopic (exact) mass is 375 g/mol. The van der Waals surface area contributed by atoms with E-state index < -0.39 is 0 Å². The number of likely N-dealkylation sites (tertiary alicyclic amines) is 1. The smallest absolute Gasteiger partial charge is 0.224 e. The van der Waals surface area contributed by atoms with Crippen molar-refractivity contribution < 1.29 is 9.53 Å². The minimum atomic E-state index is 0.238. The van der Waals surface area contributed by atoms with Gasteiger partial charge in [0.05, 0.1) is 6.61 Å². The second kappa shape index (κ2) is 9.46. The van der Waals surface area contributed by atoms with Crippen LogP contribution in [0.25, 0.3) is 0 Å². The zero-order valence-corrected chi connectivity index (χ0v) is 16.9. The molecule has 1 amide bonds. The molecular formula is C20H33N5O2. The van der Waals surface area contributed by atoms with Crippen LogP contribution in [0.1, 0.15) is 44.1 Å². The third-order valence-electron chi connectivity index (χ3n) is 5.45. The number of methoxy groups -OCH3 is 1. The van der Waals surface area contributed by atoms with Crippen molar-refractivity contribution in [2.45, 2.75) is 58.0 Å². The first-order valence-corrected chi connectivity index (χ1v) is 10.2. The van der Waals surface area contributed by atoms with E-state index in [1.807, 2.05) is 11.8 Å². The van der Waals surface area contributed by atoms with Gasteiger partial charge < -0.3 is 19.9 Å². The lowest BCUT2D eigenvalue weighted by molar-refractivity contribution is -0.128. The van der Waals surface area contributed by atoms with Crippen molar-refractivity contribution in [3.05, 3.63) is 17.6 Å². The highest BCUT2D eigenvalue weighted by Crippen LogP contribution is 2.21. The number of hydrogen-bond donors (Lipinski definition) is 1. The summed E-state index contributed by atoms with van der Waals surface area (Å²) < 4.78 is 5.09. The van der Waals surface area contributed by atoms with Crippen molar-refractivity contribution in [2.75, 3.05) is 44.8 Å². The third kappa shape index (κ3) is 5.39. The van der Waals surface area contributed by atoms with Crippen LogP contribution in [-0.2, 0) is 16.0 Å². The van der Waals surface area contributed by atoms with E-state index in [2.05, 4.69) is 33.2 Å². The first-order chi connectivity index (χ1) is 13.1. The second-order valence-electron chi connectivity index (χ2n) is 7.68. The molecule has 0 spiro atoms. The van der Waals surface area contributed by atoms with Gasteiger partial charge in [0.1, 0.15) is 11.6 Å². The van der Waals surface area contributed by atoms with Crippen molar-refractivity contribution in [3.63, 3.8) is 0 Å². The van der Waals surface area contributed by atoms with Gasteiger partial charge in [0.2, 0.25) is 5.91 Å². The highest BCUT2D eigenvalue weighted by atomic mass is 16.5. The summed E-state index contributed by atoms with van der Waals surface area (Å²) in [5, 5.41) is 3.71. The molecule has 0 aliphatic carbocycles. The van der Waals surface area contributed by atoms with Crippen molar-refractivity contribution in [2.24, 2.45) is 0 Å². The number of piperidine rings is 1. The molecule has 3 rings (SSSR count). The Morgan fingerprint density at radius 2 is 2.04 bits per heavy atom. The topological polar surface area (TPSA) is 70.6 Å². The Kier molecular flexibility index (Phi) is 7.01. The van der Waals surface area contributed by atoms with Crippen LogP contribution in [0.5, 0.6) is 0 Å². The fourth-order valence-electron chi connectivity index (χ4n) is 4.07. The molecule has 0 radical (unpaired) electrons. The Labute approximate surface area is 162 Å². The van der Waals surface area contributed by atoms with Crippen molar-refractivity contribution in [3.8, 4) is 0 Å². The fraction of sp³-hybridized carbons (Fsp3) is 0.750. The molecule has 7 heteroatoms. The summed E-state index contributed by atoms with van der Waals surface area (Å²) in [4.78, 5) is 25.6. The van der Waals surface area contributed by atoms with E-state index >= 15 is 0 Å². The molecule has 27 heavy (non-hydrogen) atoms. The molecular weight excluding hydrogens is 342 g/mol. The number of nitrogens with one attached hydrogen (secondary N) is 1. The minimum Gasteiger partial charge on any atom is -0.383 e. The number of ether oxygens (including phenoxy) is 1. The third-order valence-corrected chi connectivity index (χ3v) is 5.45. The number of anilines is 1. The van der Waals surface area contributed by atoms with Gasteiger partial charge in [-0.3, -0.25) is 4.79 Å². The Hall–Kier alpha value is -1.73. The van der Waals surface area contributed by atoms with Crippen LogP contribution in [0.3, 0.4) is 0 Å². The Bertz CT molecular complexity index is 631. The first-order valence-electron chi connectivity index (χ1n) is 10.2. The number of aryl methyl sites for hydroxylation is 2. The van der Waals surface area contributed by atoms with E-state index in [0.29, 0.717) is 25.6 Å². The Morgan fingerprint density at radius 1 is 1.26 bits per heavy atom. The van der Waals surface area contributed by atoms with Gasteiger partial charge >= 0.3 is 0 Å². The summed E-state index contributed by atoms with van der Waals surface area (Å²) in [7, 11) is 1.68. The lowest BCUT2D eigenvalue weighted by Gasteiger charge is -2.34. The predicted octanol–water partition coefficient (Wildman–Crippen LogP) is 1.54. The van der Waals surface area contributed by atoms with Crippen molar-refractivity contribution >= 4 is 11.7 Å². The average molecular weight is 376 g/mol. The molecule has 1 N–H and O–H groups in total. The largest absolute Gasteiger partial charge is 0.383 e. The zero-order valence-electron chi connectivity index (χ0n) is 16.9. The summed E-state index contributed by atoms with van der Waals surface area (Å²) in [6.07, 6.45) is 4.87. The van der Waals surface area contributed by atoms with Crippen LogP contribution < -0.4 is 10.2 Å². The van der Waals surface area contributed by atoms with Gasteiger partial charge in [-0.2, -0.15) is 0 Å². The summed E-state index contributed by atoms with van der Waals surface area (Å²) in [6.45, 7) is 8.24. The molecule has 2 aliphatic rings. The quantitative estimate of drug-likeness (QED) is 0.743. The van der Waals surface area contributed by atoms with Gasteiger partial charge in [0.25, 0.3) is 0 Å². The molecule has 1 unspecified atom stereocenters. The van der Waals surface area contributed by atoms with E-state index in [9.17, 15) is 4.79 Å². The number of hydrogen-bond acceptors (Lipinski definition) is 6. The standard InChI is InChI=1S/C20H33N5O2/c1-4-5-17-12-19(22-15(2)21-17)24-8-6-16(7-9-24)23-18-13-20(26)25(14-18)10-11-27-3/h12,16,18,23H,4-11,13-14H2,1-3H3. The molecule has 0 bridgehead atoms. The number of carbonyl (C=O) groups is 1. The lowest BCUT2D eigenvalue weighted by atomic mass is 10.0. The van der Waals surface area contributed by atoms with E-state index in [0.717, 1.165) is 62.7 Å². The van der Waals surface area contributed by atoms with Gasteiger partial charge in [0, 0.05) is 63.6 Å². The Balaban J connectivity index is 1.49. The highest BCUT2D eigenvalue weighted by Gasteiger charge is 2.31. The first kappa shape index (κ1) is 20.0. The van der Waals surface area contributed by atoms with E-state index in [4.69, 9.17) is 4.74 Å². The molecule has 0 aromatic carbocycles. The summed E-state index contributed by atoms with van der Waals surface area (Å²) >= 11 is 0. The van der Waals surface area contributed by atoms with Crippen LogP contribution in [0.4, 0.5) is 5.82 Å². The van der Waals surface area contributed by atoms with Gasteiger partial charge in [-0.15, -0.1) is 0 Å². The summed E-state index contributed by atoms with van der Waals surface area (Å²) in [5.74, 6) is 2.16. The molecule has 2 fully saturated rings. The van der Waals surface area contributed by atoms with E-state index in [1.165, 1.54) is 0 Å². The van der Waals surface area contributed by atoms with Gasteiger partial charge in [0.15, 0.2) is 0 Å². The zero-order chi connectivity index (χ0) is 19.2. The molecule has 150 valence electrons. The van der Waals surface area contributed by atoms with Gasteiger partial charge in [-0.05, 0) is 26.2 Å². The predicted molar refractivity (Wildman–Crippen MR) is 106 cm³/mol. The van der Waals surface area contributed by atoms with Gasteiger partial charge in [-0.1, -0.05) is 13.3 Å². The van der Waals surface area contributed by atoms with Crippen LogP contribution in [-0.4, -0.2) is 72.8 Å². The second-order valence-corrected chi connectivity index (χ2v) is 7.68. The normalized spacial score (nSPS) is 21.3. The van der Waals surface area contributed by atoms with Gasteiger partial charge in [-0.25, -0.2) is 9.97 Å². The van der Waals surface area contributed by atoms with E-state index in [-0.39, 0.29) is 11.9 Å². The average Bonchev–Trinajstić information content (AvgIpc) is 2.99. The molecule has 1 aromatic rings. The summed E-state index contributed by atoms with van der Waals surface area (Å²) in [5.41, 5.74) is 1.14. The summed E-state index contributed by atoms with van der Waals surface area (Å²) in [6, 6.07) is 2.89.